The van der Waals surface area contributed by atoms with Gasteiger partial charge in [0, 0.05) is 19.3 Å². The molecule has 402 valence electrons. The number of esters is 3. The van der Waals surface area contributed by atoms with Gasteiger partial charge in [-0.15, -0.1) is 0 Å². The van der Waals surface area contributed by atoms with Crippen LogP contribution in [0.15, 0.2) is 48.6 Å². The lowest BCUT2D eigenvalue weighted by Gasteiger charge is -2.18. The van der Waals surface area contributed by atoms with Crippen LogP contribution in [0, 0.1) is 0 Å². The van der Waals surface area contributed by atoms with Gasteiger partial charge in [0.1, 0.15) is 13.2 Å². The molecule has 0 saturated heterocycles. The zero-order chi connectivity index (χ0) is 50.0. The van der Waals surface area contributed by atoms with E-state index >= 15 is 0 Å². The SMILES string of the molecule is CC/C=C\C/C=C\C/C=C\C/C=C\CCCCC(=O)OCC(COC(=O)CCCCCCCCCCCCCCCCCCCC)OC(=O)CCCCCCCCCCCCCCCCCCCC. The average Bonchev–Trinajstić information content (AvgIpc) is 3.35. The van der Waals surface area contributed by atoms with E-state index in [-0.39, 0.29) is 31.1 Å². The molecule has 0 rings (SSSR count). The van der Waals surface area contributed by atoms with Crippen molar-refractivity contribution in [3.05, 3.63) is 48.6 Å². The van der Waals surface area contributed by atoms with Crippen LogP contribution in [-0.4, -0.2) is 37.2 Å². The Labute approximate surface area is 428 Å². The highest BCUT2D eigenvalue weighted by molar-refractivity contribution is 5.71. The van der Waals surface area contributed by atoms with Gasteiger partial charge in [-0.25, -0.2) is 0 Å². The first-order valence-corrected chi connectivity index (χ1v) is 30.1. The summed E-state index contributed by atoms with van der Waals surface area (Å²) in [6, 6.07) is 0. The van der Waals surface area contributed by atoms with Gasteiger partial charge >= 0.3 is 17.9 Å². The molecule has 6 nitrogen and oxygen atoms in total. The molecule has 0 heterocycles. The van der Waals surface area contributed by atoms with Crippen molar-refractivity contribution in [3.63, 3.8) is 0 Å². The Morgan fingerprint density at radius 3 is 0.884 bits per heavy atom. The second-order valence-electron chi connectivity index (χ2n) is 20.2. The van der Waals surface area contributed by atoms with Crippen LogP contribution in [0.25, 0.3) is 0 Å². The van der Waals surface area contributed by atoms with Crippen molar-refractivity contribution in [3.8, 4) is 0 Å². The molecule has 0 aliphatic rings. The average molecular weight is 968 g/mol. The molecule has 0 radical (unpaired) electrons. The van der Waals surface area contributed by atoms with Gasteiger partial charge in [-0.3, -0.25) is 14.4 Å². The maximum Gasteiger partial charge on any atom is 0.306 e. The molecular weight excluding hydrogens is 853 g/mol. The third-order valence-corrected chi connectivity index (χ3v) is 13.3. The van der Waals surface area contributed by atoms with Crippen LogP contribution in [0.5, 0.6) is 0 Å². The monoisotopic (exact) mass is 967 g/mol. The minimum absolute atomic E-state index is 0.0815. The normalized spacial score (nSPS) is 12.3. The molecule has 0 fully saturated rings. The van der Waals surface area contributed by atoms with E-state index in [2.05, 4.69) is 69.4 Å². The molecule has 1 atom stereocenters. The number of carbonyl (C=O) groups is 3. The van der Waals surface area contributed by atoms with Crippen LogP contribution in [0.4, 0.5) is 0 Å². The predicted molar refractivity (Wildman–Crippen MR) is 298 cm³/mol. The minimum atomic E-state index is -0.786. The van der Waals surface area contributed by atoms with Crippen molar-refractivity contribution >= 4 is 17.9 Å². The van der Waals surface area contributed by atoms with Gasteiger partial charge in [0.2, 0.25) is 0 Å². The van der Waals surface area contributed by atoms with E-state index in [0.717, 1.165) is 83.5 Å². The van der Waals surface area contributed by atoms with Crippen molar-refractivity contribution in [1.29, 1.82) is 0 Å². The largest absolute Gasteiger partial charge is 0.462 e. The smallest absolute Gasteiger partial charge is 0.306 e. The molecule has 0 aromatic rings. The maximum absolute atomic E-state index is 12.9. The van der Waals surface area contributed by atoms with Gasteiger partial charge in [-0.05, 0) is 57.8 Å². The van der Waals surface area contributed by atoms with Gasteiger partial charge in [0.05, 0.1) is 0 Å². The summed E-state index contributed by atoms with van der Waals surface area (Å²) >= 11 is 0. The fraction of sp³-hybridized carbons (Fsp3) is 0.825. The molecule has 0 bridgehead atoms. The Morgan fingerprint density at radius 2 is 0.565 bits per heavy atom. The Morgan fingerprint density at radius 1 is 0.304 bits per heavy atom. The molecule has 0 spiro atoms. The number of allylic oxidation sites excluding steroid dienone is 8. The van der Waals surface area contributed by atoms with Crippen LogP contribution >= 0.6 is 0 Å². The molecule has 6 heteroatoms. The van der Waals surface area contributed by atoms with Crippen molar-refractivity contribution in [1.82, 2.24) is 0 Å². The van der Waals surface area contributed by atoms with Gasteiger partial charge in [-0.1, -0.05) is 288 Å². The maximum atomic E-state index is 12.9. The van der Waals surface area contributed by atoms with Crippen LogP contribution in [0.1, 0.15) is 316 Å². The second kappa shape index (κ2) is 57.9. The van der Waals surface area contributed by atoms with E-state index in [1.54, 1.807) is 0 Å². The first-order valence-electron chi connectivity index (χ1n) is 30.1. The van der Waals surface area contributed by atoms with Crippen molar-refractivity contribution < 1.29 is 28.6 Å². The number of ether oxygens (including phenoxy) is 3. The van der Waals surface area contributed by atoms with E-state index in [0.29, 0.717) is 19.3 Å². The highest BCUT2D eigenvalue weighted by Crippen LogP contribution is 2.17. The summed E-state index contributed by atoms with van der Waals surface area (Å²) in [6.45, 7) is 6.54. The number of hydrogen-bond donors (Lipinski definition) is 0. The molecule has 0 N–H and O–H groups in total. The summed E-state index contributed by atoms with van der Waals surface area (Å²) in [7, 11) is 0. The van der Waals surface area contributed by atoms with E-state index in [1.165, 1.54) is 193 Å². The standard InChI is InChI=1S/C63H114O6/c1-4-7-10-13-16-19-22-25-28-30-32-35-38-41-44-47-50-53-56-62(65)68-59-60(58-67-61(64)55-52-49-46-43-40-37-34-27-24-21-18-15-12-9-6-3)69-63(66)57-54-51-48-45-42-39-36-33-31-29-26-23-20-17-14-11-8-5-2/h9,12,18,21,27,34,40,43,60H,4-8,10-11,13-17,19-20,22-26,28-33,35-39,41-42,44-59H2,1-3H3/b12-9-,21-18-,34-27-,43-40-. The van der Waals surface area contributed by atoms with Gasteiger partial charge in [0.25, 0.3) is 0 Å². The predicted octanol–water partition coefficient (Wildman–Crippen LogP) is 20.2. The zero-order valence-electron chi connectivity index (χ0n) is 46.1. The highest BCUT2D eigenvalue weighted by atomic mass is 16.6. The lowest BCUT2D eigenvalue weighted by molar-refractivity contribution is -0.167. The van der Waals surface area contributed by atoms with E-state index < -0.39 is 6.10 Å². The fourth-order valence-corrected chi connectivity index (χ4v) is 8.85. The first-order chi connectivity index (χ1) is 34.0. The molecule has 0 aromatic heterocycles. The number of hydrogen-bond acceptors (Lipinski definition) is 6. The van der Waals surface area contributed by atoms with E-state index in [9.17, 15) is 14.4 Å². The molecule has 0 aromatic carbocycles. The van der Waals surface area contributed by atoms with Crippen LogP contribution < -0.4 is 0 Å². The molecule has 69 heavy (non-hydrogen) atoms. The Bertz CT molecular complexity index is 1200. The number of rotatable bonds is 55. The van der Waals surface area contributed by atoms with Crippen molar-refractivity contribution in [2.24, 2.45) is 0 Å². The number of unbranched alkanes of at least 4 members (excludes halogenated alkanes) is 36. The number of carbonyl (C=O) groups excluding carboxylic acids is 3. The quantitative estimate of drug-likeness (QED) is 0.0262. The van der Waals surface area contributed by atoms with E-state index in [4.69, 9.17) is 14.2 Å². The van der Waals surface area contributed by atoms with Crippen LogP contribution in [0.2, 0.25) is 0 Å². The molecular formula is C63H114O6. The molecule has 0 aliphatic heterocycles. The molecule has 0 saturated carbocycles. The Balaban J connectivity index is 4.37. The third-order valence-electron chi connectivity index (χ3n) is 13.3. The van der Waals surface area contributed by atoms with Crippen molar-refractivity contribution in [2.75, 3.05) is 13.2 Å². The minimum Gasteiger partial charge on any atom is -0.462 e. The van der Waals surface area contributed by atoms with Crippen LogP contribution in [0.3, 0.4) is 0 Å². The second-order valence-corrected chi connectivity index (χ2v) is 20.2. The lowest BCUT2D eigenvalue weighted by Crippen LogP contribution is -2.30. The summed E-state index contributed by atoms with van der Waals surface area (Å²) in [5, 5.41) is 0. The Kier molecular flexibility index (Phi) is 55.7. The third kappa shape index (κ3) is 56.2. The topological polar surface area (TPSA) is 78.9 Å². The van der Waals surface area contributed by atoms with Crippen LogP contribution in [-0.2, 0) is 28.6 Å². The molecule has 0 aliphatic carbocycles. The molecule has 0 amide bonds. The molecule has 1 unspecified atom stereocenters. The zero-order valence-corrected chi connectivity index (χ0v) is 46.1. The van der Waals surface area contributed by atoms with Crippen molar-refractivity contribution in [2.45, 2.75) is 322 Å². The lowest BCUT2D eigenvalue weighted by atomic mass is 10.0. The van der Waals surface area contributed by atoms with Gasteiger partial charge in [0.15, 0.2) is 6.10 Å². The summed E-state index contributed by atoms with van der Waals surface area (Å²) in [5.41, 5.74) is 0. The van der Waals surface area contributed by atoms with Gasteiger partial charge in [-0.2, -0.15) is 0 Å². The highest BCUT2D eigenvalue weighted by Gasteiger charge is 2.19. The Hall–Kier alpha value is -2.63. The van der Waals surface area contributed by atoms with Gasteiger partial charge < -0.3 is 14.2 Å². The summed E-state index contributed by atoms with van der Waals surface area (Å²) in [4.78, 5) is 38.2. The fourth-order valence-electron chi connectivity index (χ4n) is 8.85. The van der Waals surface area contributed by atoms with E-state index in [1.807, 2.05) is 0 Å². The first kappa shape index (κ1) is 66.4. The summed E-state index contributed by atoms with van der Waals surface area (Å²) < 4.78 is 16.9. The summed E-state index contributed by atoms with van der Waals surface area (Å²) in [5.74, 6) is -0.905. The summed E-state index contributed by atoms with van der Waals surface area (Å²) in [6.07, 6.45) is 71.1.